The molecule has 1 heterocycles. The molecule has 1 aliphatic carbocycles. The summed E-state index contributed by atoms with van der Waals surface area (Å²) in [6.07, 6.45) is 2.74. The van der Waals surface area contributed by atoms with Crippen LogP contribution in [0.4, 0.5) is 15.3 Å². The molecule has 0 bridgehead atoms. The first-order valence-corrected chi connectivity index (χ1v) is 14.1. The lowest BCUT2D eigenvalue weighted by Gasteiger charge is -2.27. The smallest absolute Gasteiger partial charge is 0.411 e. The second-order valence-corrected chi connectivity index (χ2v) is 12.9. The van der Waals surface area contributed by atoms with Gasteiger partial charge in [-0.25, -0.2) is 27.7 Å². The van der Waals surface area contributed by atoms with Crippen LogP contribution in [0.3, 0.4) is 0 Å². The van der Waals surface area contributed by atoms with Crippen LogP contribution in [0.1, 0.15) is 71.2 Å². The molecule has 0 aliphatic heterocycles. The van der Waals surface area contributed by atoms with Gasteiger partial charge in [0, 0.05) is 34.9 Å². The van der Waals surface area contributed by atoms with Gasteiger partial charge in [0.2, 0.25) is 10.0 Å². The van der Waals surface area contributed by atoms with Crippen LogP contribution in [0.2, 0.25) is 0 Å². The van der Waals surface area contributed by atoms with Gasteiger partial charge in [-0.1, -0.05) is 6.07 Å². The molecule has 4 N–H and O–H groups in total. The third-order valence-corrected chi connectivity index (χ3v) is 8.48. The molecule has 2 aromatic rings. The number of nitrogens with zero attached hydrogens (tertiary/aromatic N) is 1. The van der Waals surface area contributed by atoms with E-state index in [1.807, 2.05) is 0 Å². The Morgan fingerprint density at radius 1 is 1.17 bits per heavy atom. The molecular weight excluding hydrogens is 504 g/mol. The second-order valence-electron chi connectivity index (χ2n) is 10.2. The summed E-state index contributed by atoms with van der Waals surface area (Å²) >= 11 is 1.43. The van der Waals surface area contributed by atoms with E-state index in [9.17, 15) is 18.0 Å². The highest BCUT2D eigenvalue weighted by atomic mass is 32.2. The summed E-state index contributed by atoms with van der Waals surface area (Å²) < 4.78 is 34.5. The Hall–Kier alpha value is -2.70. The van der Waals surface area contributed by atoms with Gasteiger partial charge in [0.25, 0.3) is 0 Å². The number of benzene rings is 1. The van der Waals surface area contributed by atoms with E-state index in [1.165, 1.54) is 17.4 Å². The summed E-state index contributed by atoms with van der Waals surface area (Å²) in [5, 5.41) is 15.0. The summed E-state index contributed by atoms with van der Waals surface area (Å²) in [7, 11) is -3.94. The third-order valence-electron chi connectivity index (χ3n) is 5.49. The van der Waals surface area contributed by atoms with E-state index in [4.69, 9.17) is 9.84 Å². The van der Waals surface area contributed by atoms with Gasteiger partial charge in [0.05, 0.1) is 20.9 Å². The molecule has 198 valence electrons. The predicted octanol–water partition coefficient (Wildman–Crippen LogP) is 5.14. The summed E-state index contributed by atoms with van der Waals surface area (Å²) in [6.45, 7) is 8.72. The van der Waals surface area contributed by atoms with Crippen LogP contribution < -0.4 is 15.4 Å². The summed E-state index contributed by atoms with van der Waals surface area (Å²) in [5.74, 6) is 0.190. The minimum atomic E-state index is -3.94. The highest BCUT2D eigenvalue weighted by molar-refractivity contribution is 7.89. The minimum Gasteiger partial charge on any atom is -0.465 e. The molecule has 1 aliphatic rings. The van der Waals surface area contributed by atoms with E-state index in [-0.39, 0.29) is 23.0 Å². The Balaban J connectivity index is 1.90. The Morgan fingerprint density at radius 2 is 1.83 bits per heavy atom. The second kappa shape index (κ2) is 11.1. The van der Waals surface area contributed by atoms with E-state index < -0.39 is 27.7 Å². The number of sulfonamides is 1. The first-order chi connectivity index (χ1) is 16.7. The highest BCUT2D eigenvalue weighted by Gasteiger charge is 2.29. The van der Waals surface area contributed by atoms with Gasteiger partial charge >= 0.3 is 12.2 Å². The van der Waals surface area contributed by atoms with Gasteiger partial charge in [-0.2, -0.15) is 0 Å². The number of thiazole rings is 1. The Labute approximate surface area is 215 Å². The van der Waals surface area contributed by atoms with Crippen molar-refractivity contribution in [3.8, 4) is 10.4 Å². The molecular formula is C24H34N4O6S2. The van der Waals surface area contributed by atoms with Crippen LogP contribution >= 0.6 is 11.3 Å². The average Bonchev–Trinajstić information content (AvgIpc) is 3.21. The molecule has 1 aromatic carbocycles. The van der Waals surface area contributed by atoms with E-state index in [1.54, 1.807) is 52.9 Å². The monoisotopic (exact) mass is 538 g/mol. The molecule has 0 spiro atoms. The normalized spacial score (nSPS) is 18.6. The van der Waals surface area contributed by atoms with Crippen LogP contribution in [-0.4, -0.2) is 48.4 Å². The number of anilines is 1. The summed E-state index contributed by atoms with van der Waals surface area (Å²) in [5.41, 5.74) is 0.0737. The zero-order valence-corrected chi connectivity index (χ0v) is 22.8. The third kappa shape index (κ3) is 7.65. The average molecular weight is 539 g/mol. The fraction of sp³-hybridized carbons (Fsp3) is 0.542. The minimum absolute atomic E-state index is 0.0318. The maximum atomic E-state index is 13.4. The number of nitrogens with one attached hydrogen (secondary N) is 3. The maximum Gasteiger partial charge on any atom is 0.411 e. The first-order valence-electron chi connectivity index (χ1n) is 11.8. The van der Waals surface area contributed by atoms with Crippen molar-refractivity contribution in [3.05, 3.63) is 29.4 Å². The molecule has 0 saturated heterocycles. The van der Waals surface area contributed by atoms with Gasteiger partial charge < -0.3 is 15.2 Å². The standard InChI is InChI=1S/C24H34N4O6S2/c1-14(2)34-23(31)27-17-10-11-18(20(12-17)36(32,33)28-24(3,4)5)19-13-25-21(35-19)15-6-8-16(9-7-15)26-22(29)30/h10-16,26,28H,6-9H2,1-5H3,(H,27,31)(H,29,30)/t15-,16-. The van der Waals surface area contributed by atoms with Gasteiger partial charge in [0.1, 0.15) is 0 Å². The van der Waals surface area contributed by atoms with E-state index in [0.29, 0.717) is 16.1 Å². The number of aromatic nitrogens is 1. The van der Waals surface area contributed by atoms with Crippen molar-refractivity contribution < 1.29 is 27.9 Å². The van der Waals surface area contributed by atoms with Crippen LogP contribution in [0.15, 0.2) is 29.3 Å². The molecule has 1 fully saturated rings. The number of amides is 2. The number of hydrogen-bond acceptors (Lipinski definition) is 7. The van der Waals surface area contributed by atoms with Gasteiger partial charge in [-0.05, 0) is 72.4 Å². The molecule has 1 saturated carbocycles. The van der Waals surface area contributed by atoms with Gasteiger partial charge in [-0.3, -0.25) is 5.32 Å². The van der Waals surface area contributed by atoms with Crippen molar-refractivity contribution in [2.24, 2.45) is 0 Å². The van der Waals surface area contributed by atoms with Gasteiger partial charge in [-0.15, -0.1) is 11.3 Å². The largest absolute Gasteiger partial charge is 0.465 e. The zero-order chi connectivity index (χ0) is 26.7. The lowest BCUT2D eigenvalue weighted by Crippen LogP contribution is -2.40. The van der Waals surface area contributed by atoms with Gasteiger partial charge in [0.15, 0.2) is 0 Å². The topological polar surface area (TPSA) is 147 Å². The number of rotatable bonds is 7. The molecule has 3 rings (SSSR count). The molecule has 36 heavy (non-hydrogen) atoms. The Kier molecular flexibility index (Phi) is 8.63. The molecule has 2 amide bonds. The van der Waals surface area contributed by atoms with Crippen LogP contribution in [0.5, 0.6) is 0 Å². The molecule has 0 atom stereocenters. The van der Waals surface area contributed by atoms with Crippen LogP contribution in [0, 0.1) is 0 Å². The SMILES string of the molecule is CC(C)OC(=O)Nc1ccc(-c2cnc([C@H]3CC[C@H](NC(=O)O)CC3)s2)c(S(=O)(=O)NC(C)(C)C)c1. The highest BCUT2D eigenvalue weighted by Crippen LogP contribution is 2.40. The predicted molar refractivity (Wildman–Crippen MR) is 139 cm³/mol. The van der Waals surface area contributed by atoms with E-state index in [0.717, 1.165) is 30.7 Å². The van der Waals surface area contributed by atoms with Crippen molar-refractivity contribution in [2.75, 3.05) is 5.32 Å². The first kappa shape index (κ1) is 27.9. The Bertz CT molecular complexity index is 1200. The number of hydrogen-bond donors (Lipinski definition) is 4. The molecule has 1 aromatic heterocycles. The van der Waals surface area contributed by atoms with Crippen molar-refractivity contribution in [1.82, 2.24) is 15.0 Å². The number of carbonyl (C=O) groups excluding carboxylic acids is 1. The van der Waals surface area contributed by atoms with Crippen molar-refractivity contribution >= 4 is 39.2 Å². The number of carbonyl (C=O) groups is 2. The molecule has 12 heteroatoms. The zero-order valence-electron chi connectivity index (χ0n) is 21.1. The van der Waals surface area contributed by atoms with Crippen LogP contribution in [0.25, 0.3) is 10.4 Å². The lowest BCUT2D eigenvalue weighted by molar-refractivity contribution is 0.130. The van der Waals surface area contributed by atoms with Crippen LogP contribution in [-0.2, 0) is 14.8 Å². The van der Waals surface area contributed by atoms with E-state index >= 15 is 0 Å². The van der Waals surface area contributed by atoms with Crippen molar-refractivity contribution in [2.45, 2.75) is 88.8 Å². The fourth-order valence-electron chi connectivity index (χ4n) is 4.11. The quantitative estimate of drug-likeness (QED) is 0.382. The lowest BCUT2D eigenvalue weighted by atomic mass is 9.86. The molecule has 10 nitrogen and oxygen atoms in total. The number of ether oxygens (including phenoxy) is 1. The molecule has 0 radical (unpaired) electrons. The van der Waals surface area contributed by atoms with Crippen molar-refractivity contribution in [1.29, 1.82) is 0 Å². The summed E-state index contributed by atoms with van der Waals surface area (Å²) in [4.78, 5) is 28.3. The fourth-order valence-corrected chi connectivity index (χ4v) is 6.96. The maximum absolute atomic E-state index is 13.4. The Morgan fingerprint density at radius 3 is 2.42 bits per heavy atom. The van der Waals surface area contributed by atoms with E-state index in [2.05, 4.69) is 20.3 Å². The number of carboxylic acid groups (broad SMARTS) is 1. The van der Waals surface area contributed by atoms with Crippen molar-refractivity contribution in [3.63, 3.8) is 0 Å². The summed E-state index contributed by atoms with van der Waals surface area (Å²) in [6, 6.07) is 4.66. The molecule has 0 unspecified atom stereocenters.